The summed E-state index contributed by atoms with van der Waals surface area (Å²) < 4.78 is 4.92. The minimum Gasteiger partial charge on any atom is -0.451 e. The Morgan fingerprint density at radius 2 is 1.88 bits per heavy atom. The number of carbonyl (C=O) groups excluding carboxylic acids is 3. The molecule has 25 heavy (non-hydrogen) atoms. The minimum atomic E-state index is -0.677. The van der Waals surface area contributed by atoms with Gasteiger partial charge in [0.1, 0.15) is 5.01 Å². The second kappa shape index (κ2) is 8.39. The van der Waals surface area contributed by atoms with Crippen LogP contribution in [0, 0.1) is 6.92 Å². The molecule has 0 saturated heterocycles. The topological polar surface area (TPSA) is 88.6 Å². The smallest absolute Gasteiger partial charge is 0.358 e. The summed E-state index contributed by atoms with van der Waals surface area (Å²) in [6.45, 7) is 1.39. The molecule has 7 nitrogen and oxygen atoms in total. The molecule has 1 aromatic heterocycles. The number of amides is 2. The average molecular weight is 361 g/mol. The fourth-order valence-electron chi connectivity index (χ4n) is 1.78. The van der Waals surface area contributed by atoms with Crippen LogP contribution in [-0.2, 0) is 14.3 Å². The minimum absolute atomic E-state index is 0.141. The number of aromatic nitrogens is 1. The lowest BCUT2D eigenvalue weighted by atomic mass is 10.2. The third kappa shape index (κ3) is 5.39. The fourth-order valence-corrected chi connectivity index (χ4v) is 2.58. The van der Waals surface area contributed by atoms with Crippen LogP contribution in [0.2, 0.25) is 0 Å². The normalized spacial score (nSPS) is 10.2. The number of carbonyl (C=O) groups is 3. The maximum absolute atomic E-state index is 12.0. The molecular formula is C17H19N3O4S. The molecule has 0 bridgehead atoms. The number of hydrogen-bond acceptors (Lipinski definition) is 6. The molecule has 0 aliphatic heterocycles. The summed E-state index contributed by atoms with van der Waals surface area (Å²) in [6.07, 6.45) is 0. The van der Waals surface area contributed by atoms with Crippen molar-refractivity contribution in [2.75, 3.05) is 27.2 Å². The molecule has 8 heteroatoms. The van der Waals surface area contributed by atoms with Gasteiger partial charge in [-0.2, -0.15) is 0 Å². The monoisotopic (exact) mass is 361 g/mol. The molecule has 0 spiro atoms. The molecule has 1 heterocycles. The molecule has 0 aliphatic carbocycles. The predicted molar refractivity (Wildman–Crippen MR) is 94.3 cm³/mol. The van der Waals surface area contributed by atoms with E-state index in [1.54, 1.807) is 19.5 Å². The van der Waals surface area contributed by atoms with Gasteiger partial charge in [-0.3, -0.25) is 9.59 Å². The standard InChI is InChI=1S/C17H19N3O4S/c1-11-4-6-12(7-5-11)16-19-13(10-25-16)17(23)24-9-14(21)18-8-15(22)20(2)3/h4-7,10H,8-9H2,1-3H3,(H,18,21). The Hall–Kier alpha value is -2.74. The number of nitrogens with zero attached hydrogens (tertiary/aromatic N) is 2. The van der Waals surface area contributed by atoms with Crippen molar-refractivity contribution in [1.29, 1.82) is 0 Å². The second-order valence-electron chi connectivity index (χ2n) is 5.54. The summed E-state index contributed by atoms with van der Waals surface area (Å²) in [5, 5.41) is 4.67. The fraction of sp³-hybridized carbons (Fsp3) is 0.294. The first kappa shape index (κ1) is 18.6. The first-order chi connectivity index (χ1) is 11.9. The quantitative estimate of drug-likeness (QED) is 0.788. The van der Waals surface area contributed by atoms with Crippen LogP contribution in [0.3, 0.4) is 0 Å². The van der Waals surface area contributed by atoms with Gasteiger partial charge < -0.3 is 15.0 Å². The molecule has 1 aromatic carbocycles. The zero-order valence-corrected chi connectivity index (χ0v) is 15.1. The zero-order chi connectivity index (χ0) is 18.4. The first-order valence-electron chi connectivity index (χ1n) is 7.53. The van der Waals surface area contributed by atoms with Crippen LogP contribution in [0.1, 0.15) is 16.1 Å². The van der Waals surface area contributed by atoms with Crippen molar-refractivity contribution >= 4 is 29.1 Å². The van der Waals surface area contributed by atoms with Crippen LogP contribution in [0.15, 0.2) is 29.6 Å². The number of likely N-dealkylation sites (N-methyl/N-ethyl adjacent to an activating group) is 1. The van der Waals surface area contributed by atoms with Crippen LogP contribution < -0.4 is 5.32 Å². The van der Waals surface area contributed by atoms with Crippen molar-refractivity contribution in [3.63, 3.8) is 0 Å². The summed E-state index contributed by atoms with van der Waals surface area (Å²) in [5.41, 5.74) is 2.20. The van der Waals surface area contributed by atoms with E-state index in [0.29, 0.717) is 5.01 Å². The van der Waals surface area contributed by atoms with Crippen molar-refractivity contribution < 1.29 is 19.1 Å². The molecule has 0 fully saturated rings. The van der Waals surface area contributed by atoms with Gasteiger partial charge in [-0.05, 0) is 6.92 Å². The van der Waals surface area contributed by atoms with Gasteiger partial charge in [0.05, 0.1) is 6.54 Å². The molecule has 2 rings (SSSR count). The van der Waals surface area contributed by atoms with Crippen molar-refractivity contribution in [2.45, 2.75) is 6.92 Å². The number of ether oxygens (including phenoxy) is 1. The second-order valence-corrected chi connectivity index (χ2v) is 6.40. The van der Waals surface area contributed by atoms with Crippen molar-refractivity contribution in [2.24, 2.45) is 0 Å². The molecule has 0 aliphatic rings. The number of nitrogens with one attached hydrogen (secondary N) is 1. The summed E-state index contributed by atoms with van der Waals surface area (Å²) in [6, 6.07) is 7.79. The molecular weight excluding hydrogens is 342 g/mol. The highest BCUT2D eigenvalue weighted by Gasteiger charge is 2.15. The van der Waals surface area contributed by atoms with E-state index in [1.807, 2.05) is 31.2 Å². The lowest BCUT2D eigenvalue weighted by Gasteiger charge is -2.10. The van der Waals surface area contributed by atoms with E-state index in [2.05, 4.69) is 10.3 Å². The molecule has 1 N–H and O–H groups in total. The third-order valence-corrected chi connectivity index (χ3v) is 4.17. The Labute approximate surface area is 149 Å². The summed E-state index contributed by atoms with van der Waals surface area (Å²) >= 11 is 1.33. The highest BCUT2D eigenvalue weighted by atomic mass is 32.1. The maximum Gasteiger partial charge on any atom is 0.358 e. The van der Waals surface area contributed by atoms with E-state index >= 15 is 0 Å². The molecule has 2 aromatic rings. The van der Waals surface area contributed by atoms with E-state index in [9.17, 15) is 14.4 Å². The average Bonchev–Trinajstić information content (AvgIpc) is 3.08. The van der Waals surface area contributed by atoms with Gasteiger partial charge >= 0.3 is 5.97 Å². The summed E-state index contributed by atoms with van der Waals surface area (Å²) in [7, 11) is 3.17. The molecule has 0 atom stereocenters. The summed E-state index contributed by atoms with van der Waals surface area (Å²) in [4.78, 5) is 40.5. The Morgan fingerprint density at radius 3 is 2.52 bits per heavy atom. The van der Waals surface area contributed by atoms with Crippen LogP contribution in [-0.4, -0.2) is 54.9 Å². The summed E-state index contributed by atoms with van der Waals surface area (Å²) in [5.74, 6) is -1.47. The van der Waals surface area contributed by atoms with Gasteiger partial charge in [-0.25, -0.2) is 9.78 Å². The number of aryl methyl sites for hydroxylation is 1. The SMILES string of the molecule is Cc1ccc(-c2nc(C(=O)OCC(=O)NCC(=O)N(C)C)cs2)cc1. The van der Waals surface area contributed by atoms with Gasteiger partial charge in [0.15, 0.2) is 12.3 Å². The van der Waals surface area contributed by atoms with Gasteiger partial charge in [0.25, 0.3) is 5.91 Å². The van der Waals surface area contributed by atoms with Crippen LogP contribution in [0.4, 0.5) is 0 Å². The first-order valence-corrected chi connectivity index (χ1v) is 8.41. The highest BCUT2D eigenvalue weighted by Crippen LogP contribution is 2.24. The van der Waals surface area contributed by atoms with E-state index in [-0.39, 0.29) is 18.1 Å². The Kier molecular flexibility index (Phi) is 6.24. The number of rotatable bonds is 6. The Morgan fingerprint density at radius 1 is 1.20 bits per heavy atom. The zero-order valence-electron chi connectivity index (χ0n) is 14.2. The van der Waals surface area contributed by atoms with Crippen molar-refractivity contribution in [3.05, 3.63) is 40.9 Å². The highest BCUT2D eigenvalue weighted by molar-refractivity contribution is 7.13. The van der Waals surface area contributed by atoms with E-state index in [0.717, 1.165) is 11.1 Å². The number of esters is 1. The molecule has 0 unspecified atom stereocenters. The molecule has 2 amide bonds. The third-order valence-electron chi connectivity index (χ3n) is 3.28. The lowest BCUT2D eigenvalue weighted by Crippen LogP contribution is -2.38. The van der Waals surface area contributed by atoms with E-state index in [4.69, 9.17) is 4.74 Å². The van der Waals surface area contributed by atoms with Crippen molar-refractivity contribution in [1.82, 2.24) is 15.2 Å². The molecule has 0 radical (unpaired) electrons. The van der Waals surface area contributed by atoms with Gasteiger partial charge in [-0.15, -0.1) is 11.3 Å². The lowest BCUT2D eigenvalue weighted by molar-refractivity contribution is -0.131. The molecule has 0 saturated carbocycles. The Balaban J connectivity index is 1.86. The van der Waals surface area contributed by atoms with Gasteiger partial charge in [-0.1, -0.05) is 29.8 Å². The maximum atomic E-state index is 12.0. The van der Waals surface area contributed by atoms with Crippen LogP contribution in [0.5, 0.6) is 0 Å². The van der Waals surface area contributed by atoms with Gasteiger partial charge in [0.2, 0.25) is 5.91 Å². The number of hydrogen-bond donors (Lipinski definition) is 1. The van der Waals surface area contributed by atoms with Crippen LogP contribution in [0.25, 0.3) is 10.6 Å². The number of benzene rings is 1. The van der Waals surface area contributed by atoms with Gasteiger partial charge in [0, 0.05) is 25.0 Å². The van der Waals surface area contributed by atoms with E-state index < -0.39 is 18.5 Å². The van der Waals surface area contributed by atoms with Crippen LogP contribution >= 0.6 is 11.3 Å². The largest absolute Gasteiger partial charge is 0.451 e. The molecule has 132 valence electrons. The Bertz CT molecular complexity index is 768. The van der Waals surface area contributed by atoms with E-state index in [1.165, 1.54) is 16.2 Å². The predicted octanol–water partition coefficient (Wildman–Crippen LogP) is 1.48. The number of thiazole rings is 1. The van der Waals surface area contributed by atoms with Crippen molar-refractivity contribution in [3.8, 4) is 10.6 Å².